The maximum Gasteiger partial charge on any atom is 0.148 e. The summed E-state index contributed by atoms with van der Waals surface area (Å²) in [7, 11) is -2.94. The Hall–Kier alpha value is -1.33. The lowest BCUT2D eigenvalue weighted by Crippen LogP contribution is -2.25. The Morgan fingerprint density at radius 1 is 1.33 bits per heavy atom. The number of nitrogens with one attached hydrogen (secondary N) is 1. The van der Waals surface area contributed by atoms with Crippen molar-refractivity contribution < 1.29 is 12.8 Å². The van der Waals surface area contributed by atoms with E-state index in [1.165, 1.54) is 17.4 Å². The van der Waals surface area contributed by atoms with Crippen molar-refractivity contribution in [3.63, 3.8) is 0 Å². The summed E-state index contributed by atoms with van der Waals surface area (Å²) in [5.74, 6) is 1.05. The highest BCUT2D eigenvalue weighted by molar-refractivity contribution is 7.90. The highest BCUT2D eigenvalue weighted by Gasteiger charge is 2.18. The molecule has 5 heteroatoms. The first-order valence-corrected chi connectivity index (χ1v) is 9.31. The van der Waals surface area contributed by atoms with Crippen molar-refractivity contribution in [2.45, 2.75) is 33.2 Å². The van der Waals surface area contributed by atoms with Gasteiger partial charge >= 0.3 is 0 Å². The molecule has 0 unspecified atom stereocenters. The summed E-state index contributed by atoms with van der Waals surface area (Å²) in [6.45, 7) is 6.62. The third-order valence-electron chi connectivity index (χ3n) is 3.65. The molecule has 1 aromatic carbocycles. The highest BCUT2D eigenvalue weighted by atomic mass is 32.2. The number of fused-ring (bicyclic) bond motifs is 1. The van der Waals surface area contributed by atoms with Crippen LogP contribution in [0.25, 0.3) is 11.0 Å². The number of rotatable bonds is 6. The van der Waals surface area contributed by atoms with Crippen molar-refractivity contribution in [3.8, 4) is 0 Å². The Bertz CT molecular complexity index is 731. The number of sulfone groups is 1. The molecule has 116 valence electrons. The van der Waals surface area contributed by atoms with Gasteiger partial charge in [0.2, 0.25) is 0 Å². The minimum absolute atomic E-state index is 0.00518. The van der Waals surface area contributed by atoms with Crippen LogP contribution >= 0.6 is 0 Å². The largest absolute Gasteiger partial charge is 0.459 e. The van der Waals surface area contributed by atoms with Crippen LogP contribution in [0.4, 0.5) is 0 Å². The van der Waals surface area contributed by atoms with Crippen molar-refractivity contribution in [2.24, 2.45) is 0 Å². The molecule has 0 spiro atoms. The second-order valence-electron chi connectivity index (χ2n) is 5.60. The molecule has 2 aromatic rings. The van der Waals surface area contributed by atoms with Gasteiger partial charge in [-0.05, 0) is 32.4 Å². The SMILES string of the molecule is CCc1c([C@@H](C)NCCS(C)(=O)=O)oc2ccc(C)cc12. The lowest BCUT2D eigenvalue weighted by atomic mass is 10.0. The van der Waals surface area contributed by atoms with Gasteiger partial charge in [-0.2, -0.15) is 0 Å². The van der Waals surface area contributed by atoms with E-state index in [9.17, 15) is 8.42 Å². The zero-order valence-corrected chi connectivity index (χ0v) is 13.9. The molecule has 0 radical (unpaired) electrons. The first kappa shape index (κ1) is 16.0. The zero-order valence-electron chi connectivity index (χ0n) is 13.1. The zero-order chi connectivity index (χ0) is 15.6. The minimum Gasteiger partial charge on any atom is -0.459 e. The second kappa shape index (κ2) is 6.20. The minimum atomic E-state index is -2.94. The van der Waals surface area contributed by atoms with Crippen LogP contribution in [-0.2, 0) is 16.3 Å². The molecule has 0 aliphatic heterocycles. The van der Waals surface area contributed by atoms with Crippen LogP contribution in [0.2, 0.25) is 0 Å². The third kappa shape index (κ3) is 3.86. The summed E-state index contributed by atoms with van der Waals surface area (Å²) in [6, 6.07) is 6.17. The Balaban J connectivity index is 2.24. The third-order valence-corrected chi connectivity index (χ3v) is 4.59. The summed E-state index contributed by atoms with van der Waals surface area (Å²) < 4.78 is 28.4. The van der Waals surface area contributed by atoms with Gasteiger partial charge in [0.25, 0.3) is 0 Å². The van der Waals surface area contributed by atoms with Crippen LogP contribution in [-0.4, -0.2) is 27.0 Å². The molecule has 0 fully saturated rings. The smallest absolute Gasteiger partial charge is 0.148 e. The van der Waals surface area contributed by atoms with E-state index in [0.29, 0.717) is 6.54 Å². The molecule has 0 aliphatic carbocycles. The van der Waals surface area contributed by atoms with Crippen LogP contribution in [0.15, 0.2) is 22.6 Å². The normalized spacial score (nSPS) is 13.7. The van der Waals surface area contributed by atoms with Crippen molar-refractivity contribution in [3.05, 3.63) is 35.1 Å². The molecule has 1 aromatic heterocycles. The first-order chi connectivity index (χ1) is 9.81. The topological polar surface area (TPSA) is 59.3 Å². The maximum atomic E-state index is 11.2. The number of hydrogen-bond acceptors (Lipinski definition) is 4. The fourth-order valence-electron chi connectivity index (χ4n) is 2.55. The summed E-state index contributed by atoms with van der Waals surface area (Å²) >= 11 is 0. The maximum absolute atomic E-state index is 11.2. The van der Waals surface area contributed by atoms with Crippen LogP contribution in [0, 0.1) is 6.92 Å². The Morgan fingerprint density at radius 3 is 2.67 bits per heavy atom. The standard InChI is InChI=1S/C16H23NO3S/c1-5-13-14-10-11(2)6-7-15(14)20-16(13)12(3)17-8-9-21(4,18)19/h6-7,10,12,17H,5,8-9H2,1-4H3/t12-/m1/s1. The van der Waals surface area contributed by atoms with Gasteiger partial charge in [0.1, 0.15) is 21.2 Å². The molecule has 1 heterocycles. The van der Waals surface area contributed by atoms with Gasteiger partial charge in [-0.3, -0.25) is 0 Å². The van der Waals surface area contributed by atoms with Gasteiger partial charge < -0.3 is 9.73 Å². The fraction of sp³-hybridized carbons (Fsp3) is 0.500. The van der Waals surface area contributed by atoms with Crippen molar-refractivity contribution >= 4 is 20.8 Å². The van der Waals surface area contributed by atoms with E-state index >= 15 is 0 Å². The predicted molar refractivity (Wildman–Crippen MR) is 86.5 cm³/mol. The van der Waals surface area contributed by atoms with Crippen molar-refractivity contribution in [1.29, 1.82) is 0 Å². The van der Waals surface area contributed by atoms with Gasteiger partial charge in [-0.25, -0.2) is 8.42 Å². The van der Waals surface area contributed by atoms with Gasteiger partial charge in [0, 0.05) is 23.8 Å². The Morgan fingerprint density at radius 2 is 2.05 bits per heavy atom. The number of benzene rings is 1. The highest BCUT2D eigenvalue weighted by Crippen LogP contribution is 2.31. The van der Waals surface area contributed by atoms with E-state index in [-0.39, 0.29) is 11.8 Å². The molecule has 0 aliphatic rings. The first-order valence-electron chi connectivity index (χ1n) is 7.25. The van der Waals surface area contributed by atoms with Gasteiger partial charge in [0.15, 0.2) is 0 Å². The summed E-state index contributed by atoms with van der Waals surface area (Å²) in [6.07, 6.45) is 2.14. The summed E-state index contributed by atoms with van der Waals surface area (Å²) in [5, 5.41) is 4.39. The average molecular weight is 309 g/mol. The molecule has 0 saturated carbocycles. The number of hydrogen-bond donors (Lipinski definition) is 1. The van der Waals surface area contributed by atoms with Crippen LogP contribution in [0.3, 0.4) is 0 Å². The number of furan rings is 1. The lowest BCUT2D eigenvalue weighted by Gasteiger charge is -2.12. The fourth-order valence-corrected chi connectivity index (χ4v) is 3.04. The van der Waals surface area contributed by atoms with E-state index in [4.69, 9.17) is 4.42 Å². The molecular formula is C16H23NO3S. The molecule has 0 amide bonds. The summed E-state index contributed by atoms with van der Waals surface area (Å²) in [4.78, 5) is 0. The molecule has 21 heavy (non-hydrogen) atoms. The monoisotopic (exact) mass is 309 g/mol. The van der Waals surface area contributed by atoms with Crippen LogP contribution in [0.1, 0.15) is 36.8 Å². The Kier molecular flexibility index (Phi) is 4.74. The molecule has 4 nitrogen and oxygen atoms in total. The van der Waals surface area contributed by atoms with E-state index in [1.54, 1.807) is 0 Å². The Labute approximate surface area is 126 Å². The van der Waals surface area contributed by atoms with Crippen LogP contribution in [0.5, 0.6) is 0 Å². The van der Waals surface area contributed by atoms with Crippen molar-refractivity contribution in [1.82, 2.24) is 5.32 Å². The van der Waals surface area contributed by atoms with E-state index in [0.717, 1.165) is 23.2 Å². The lowest BCUT2D eigenvalue weighted by molar-refractivity contribution is 0.454. The van der Waals surface area contributed by atoms with E-state index < -0.39 is 9.84 Å². The quantitative estimate of drug-likeness (QED) is 0.891. The predicted octanol–water partition coefficient (Wildman–Crippen LogP) is 3.00. The second-order valence-corrected chi connectivity index (χ2v) is 7.86. The van der Waals surface area contributed by atoms with Gasteiger partial charge in [-0.15, -0.1) is 0 Å². The van der Waals surface area contributed by atoms with E-state index in [2.05, 4.69) is 25.2 Å². The summed E-state index contributed by atoms with van der Waals surface area (Å²) in [5.41, 5.74) is 3.31. The average Bonchev–Trinajstić information content (AvgIpc) is 2.74. The van der Waals surface area contributed by atoms with E-state index in [1.807, 2.05) is 19.1 Å². The van der Waals surface area contributed by atoms with Gasteiger partial charge in [-0.1, -0.05) is 18.6 Å². The molecule has 0 saturated heterocycles. The van der Waals surface area contributed by atoms with Crippen molar-refractivity contribution in [2.75, 3.05) is 18.6 Å². The molecule has 1 atom stereocenters. The number of aryl methyl sites for hydroxylation is 2. The molecular weight excluding hydrogens is 286 g/mol. The molecule has 0 bridgehead atoms. The molecule has 2 rings (SSSR count). The van der Waals surface area contributed by atoms with Gasteiger partial charge in [0.05, 0.1) is 11.8 Å². The van der Waals surface area contributed by atoms with Crippen LogP contribution < -0.4 is 5.32 Å². The molecule has 1 N–H and O–H groups in total.